The molecule has 2 heteroatoms. The lowest BCUT2D eigenvalue weighted by atomic mass is 9.98. The first-order valence-electron chi connectivity index (χ1n) is 6.82. The molecule has 1 saturated carbocycles. The Labute approximate surface area is 94.2 Å². The van der Waals surface area contributed by atoms with E-state index in [1.54, 1.807) is 0 Å². The third kappa shape index (κ3) is 4.12. The van der Waals surface area contributed by atoms with E-state index < -0.39 is 0 Å². The topological polar surface area (TPSA) is 24.1 Å². The van der Waals surface area contributed by atoms with Crippen molar-refractivity contribution in [1.29, 1.82) is 0 Å². The summed E-state index contributed by atoms with van der Waals surface area (Å²) in [5.74, 6) is 1.94. The van der Waals surface area contributed by atoms with Crippen LogP contribution in [0.3, 0.4) is 0 Å². The Kier molecular flexibility index (Phi) is 4.45. The Morgan fingerprint density at radius 3 is 2.73 bits per heavy atom. The van der Waals surface area contributed by atoms with Crippen molar-refractivity contribution in [2.45, 2.75) is 51.5 Å². The fourth-order valence-corrected chi connectivity index (χ4v) is 2.58. The van der Waals surface area contributed by atoms with Gasteiger partial charge in [0.05, 0.1) is 0 Å². The smallest absolute Gasteiger partial charge is 0.00672 e. The standard InChI is InChI=1S/C13H26N2/c1-2-13(8-11-5-6-11)15-10-12-4-3-7-14-9-12/h11-15H,2-10H2,1H3. The van der Waals surface area contributed by atoms with E-state index >= 15 is 0 Å². The molecule has 2 atom stereocenters. The number of nitrogens with one attached hydrogen (secondary N) is 2. The quantitative estimate of drug-likeness (QED) is 0.702. The zero-order valence-electron chi connectivity index (χ0n) is 10.1. The van der Waals surface area contributed by atoms with Crippen LogP contribution in [0.25, 0.3) is 0 Å². The summed E-state index contributed by atoms with van der Waals surface area (Å²) in [6, 6.07) is 0.791. The van der Waals surface area contributed by atoms with Crippen LogP contribution in [0.2, 0.25) is 0 Å². The van der Waals surface area contributed by atoms with Crippen molar-refractivity contribution >= 4 is 0 Å². The zero-order chi connectivity index (χ0) is 10.5. The second-order valence-electron chi connectivity index (χ2n) is 5.40. The molecule has 2 N–H and O–H groups in total. The summed E-state index contributed by atoms with van der Waals surface area (Å²) in [6.45, 7) is 6.01. The molecule has 88 valence electrons. The van der Waals surface area contributed by atoms with E-state index in [1.165, 1.54) is 58.2 Å². The van der Waals surface area contributed by atoms with Crippen molar-refractivity contribution in [3.8, 4) is 0 Å². The Bertz CT molecular complexity index is 171. The van der Waals surface area contributed by atoms with Gasteiger partial charge in [-0.05, 0) is 57.2 Å². The predicted molar refractivity (Wildman–Crippen MR) is 65.0 cm³/mol. The Morgan fingerprint density at radius 1 is 1.27 bits per heavy atom. The van der Waals surface area contributed by atoms with Crippen molar-refractivity contribution in [2.75, 3.05) is 19.6 Å². The molecule has 2 fully saturated rings. The van der Waals surface area contributed by atoms with Crippen molar-refractivity contribution < 1.29 is 0 Å². The molecule has 2 aliphatic rings. The maximum atomic E-state index is 3.77. The summed E-state index contributed by atoms with van der Waals surface area (Å²) in [7, 11) is 0. The minimum Gasteiger partial charge on any atom is -0.316 e. The van der Waals surface area contributed by atoms with Crippen molar-refractivity contribution in [3.63, 3.8) is 0 Å². The summed E-state index contributed by atoms with van der Waals surface area (Å²) >= 11 is 0. The van der Waals surface area contributed by atoms with Crippen LogP contribution in [0.4, 0.5) is 0 Å². The van der Waals surface area contributed by atoms with Crippen LogP contribution in [0.5, 0.6) is 0 Å². The van der Waals surface area contributed by atoms with Crippen LogP contribution in [-0.4, -0.2) is 25.7 Å². The molecule has 2 rings (SSSR count). The normalized spacial score (nSPS) is 29.0. The van der Waals surface area contributed by atoms with Crippen LogP contribution < -0.4 is 10.6 Å². The van der Waals surface area contributed by atoms with Crippen molar-refractivity contribution in [2.24, 2.45) is 11.8 Å². The molecular weight excluding hydrogens is 184 g/mol. The SMILES string of the molecule is CCC(CC1CC1)NCC1CCCNC1. The van der Waals surface area contributed by atoms with Crippen molar-refractivity contribution in [1.82, 2.24) is 10.6 Å². The molecule has 2 nitrogen and oxygen atoms in total. The van der Waals surface area contributed by atoms with Crippen LogP contribution in [0, 0.1) is 11.8 Å². The summed E-state index contributed by atoms with van der Waals surface area (Å²) in [4.78, 5) is 0. The van der Waals surface area contributed by atoms with E-state index in [4.69, 9.17) is 0 Å². The third-order valence-electron chi connectivity index (χ3n) is 3.90. The van der Waals surface area contributed by atoms with Gasteiger partial charge < -0.3 is 10.6 Å². The van der Waals surface area contributed by atoms with E-state index in [9.17, 15) is 0 Å². The minimum atomic E-state index is 0.791. The highest BCUT2D eigenvalue weighted by molar-refractivity contribution is 4.81. The van der Waals surface area contributed by atoms with Crippen LogP contribution in [0.1, 0.15) is 45.4 Å². The molecule has 0 aromatic rings. The maximum Gasteiger partial charge on any atom is 0.00672 e. The number of hydrogen-bond donors (Lipinski definition) is 2. The fraction of sp³-hybridized carbons (Fsp3) is 1.00. The first-order valence-corrected chi connectivity index (χ1v) is 6.82. The van der Waals surface area contributed by atoms with E-state index in [0.29, 0.717) is 0 Å². The van der Waals surface area contributed by atoms with E-state index in [0.717, 1.165) is 17.9 Å². The first-order chi connectivity index (χ1) is 7.38. The minimum absolute atomic E-state index is 0.791. The van der Waals surface area contributed by atoms with Gasteiger partial charge in [-0.1, -0.05) is 19.8 Å². The highest BCUT2D eigenvalue weighted by Crippen LogP contribution is 2.34. The van der Waals surface area contributed by atoms with E-state index in [1.807, 2.05) is 0 Å². The highest BCUT2D eigenvalue weighted by Gasteiger charge is 2.25. The van der Waals surface area contributed by atoms with Gasteiger partial charge >= 0.3 is 0 Å². The average molecular weight is 210 g/mol. The maximum absolute atomic E-state index is 3.77. The molecule has 0 bridgehead atoms. The van der Waals surface area contributed by atoms with Gasteiger partial charge in [0.1, 0.15) is 0 Å². The predicted octanol–water partition coefficient (Wildman–Crippen LogP) is 2.15. The van der Waals surface area contributed by atoms with Gasteiger partial charge in [-0.15, -0.1) is 0 Å². The third-order valence-corrected chi connectivity index (χ3v) is 3.90. The molecular formula is C13H26N2. The lowest BCUT2D eigenvalue weighted by Gasteiger charge is -2.25. The van der Waals surface area contributed by atoms with Gasteiger partial charge in [0.25, 0.3) is 0 Å². The number of hydrogen-bond acceptors (Lipinski definition) is 2. The first kappa shape index (κ1) is 11.4. The molecule has 1 saturated heterocycles. The lowest BCUT2D eigenvalue weighted by molar-refractivity contribution is 0.331. The second-order valence-corrected chi connectivity index (χ2v) is 5.40. The Hall–Kier alpha value is -0.0800. The van der Waals surface area contributed by atoms with Gasteiger partial charge in [-0.3, -0.25) is 0 Å². The summed E-state index contributed by atoms with van der Waals surface area (Å²) in [6.07, 6.45) is 8.49. The van der Waals surface area contributed by atoms with E-state index in [-0.39, 0.29) is 0 Å². The Balaban J connectivity index is 1.60. The Morgan fingerprint density at radius 2 is 2.13 bits per heavy atom. The van der Waals surface area contributed by atoms with Gasteiger partial charge in [-0.25, -0.2) is 0 Å². The molecule has 15 heavy (non-hydrogen) atoms. The summed E-state index contributed by atoms with van der Waals surface area (Å²) in [5, 5.41) is 7.26. The number of piperidine rings is 1. The summed E-state index contributed by atoms with van der Waals surface area (Å²) < 4.78 is 0. The van der Waals surface area contributed by atoms with Crippen molar-refractivity contribution in [3.05, 3.63) is 0 Å². The highest BCUT2D eigenvalue weighted by atomic mass is 14.9. The van der Waals surface area contributed by atoms with Crippen LogP contribution in [-0.2, 0) is 0 Å². The number of rotatable bonds is 6. The lowest BCUT2D eigenvalue weighted by Crippen LogP contribution is -2.39. The van der Waals surface area contributed by atoms with E-state index in [2.05, 4.69) is 17.6 Å². The van der Waals surface area contributed by atoms with Crippen LogP contribution in [0.15, 0.2) is 0 Å². The monoisotopic (exact) mass is 210 g/mol. The van der Waals surface area contributed by atoms with Gasteiger partial charge in [0.2, 0.25) is 0 Å². The molecule has 0 radical (unpaired) electrons. The molecule has 0 spiro atoms. The largest absolute Gasteiger partial charge is 0.316 e. The average Bonchev–Trinajstić information content (AvgIpc) is 3.09. The summed E-state index contributed by atoms with van der Waals surface area (Å²) in [5.41, 5.74) is 0. The molecule has 2 unspecified atom stereocenters. The molecule has 1 heterocycles. The zero-order valence-corrected chi connectivity index (χ0v) is 10.1. The molecule has 0 aromatic carbocycles. The molecule has 0 amide bonds. The second kappa shape index (κ2) is 5.86. The van der Waals surface area contributed by atoms with Crippen LogP contribution >= 0.6 is 0 Å². The van der Waals surface area contributed by atoms with Gasteiger partial charge in [0, 0.05) is 6.04 Å². The fourth-order valence-electron chi connectivity index (χ4n) is 2.58. The molecule has 1 aliphatic carbocycles. The van der Waals surface area contributed by atoms with Gasteiger partial charge in [-0.2, -0.15) is 0 Å². The molecule has 0 aromatic heterocycles. The van der Waals surface area contributed by atoms with Gasteiger partial charge in [0.15, 0.2) is 0 Å². The molecule has 1 aliphatic heterocycles.